The molecule has 4 heteroatoms. The van der Waals surface area contributed by atoms with Crippen LogP contribution in [0.15, 0.2) is 11.6 Å². The van der Waals surface area contributed by atoms with Gasteiger partial charge in [0.15, 0.2) is 5.78 Å². The first kappa shape index (κ1) is 26.3. The van der Waals surface area contributed by atoms with Crippen molar-refractivity contribution in [1.82, 2.24) is 0 Å². The van der Waals surface area contributed by atoms with Gasteiger partial charge in [-0.2, -0.15) is 0 Å². The number of ketones is 2. The lowest BCUT2D eigenvalue weighted by molar-refractivity contribution is -0.179. The van der Waals surface area contributed by atoms with Gasteiger partial charge in [0.2, 0.25) is 0 Å². The normalized spacial score (nSPS) is 49.2. The molecule has 4 nitrogen and oxygen atoms in total. The van der Waals surface area contributed by atoms with Crippen LogP contribution in [0.3, 0.4) is 0 Å². The predicted octanol–water partition coefficient (Wildman–Crippen LogP) is 6.34. The summed E-state index contributed by atoms with van der Waals surface area (Å²) in [7, 11) is 0. The maximum absolute atomic E-state index is 14.4. The number of hydrogen-bond donors (Lipinski definition) is 1. The highest BCUT2D eigenvalue weighted by Crippen LogP contribution is 2.75. The van der Waals surface area contributed by atoms with Gasteiger partial charge in [-0.15, -0.1) is 0 Å². The van der Waals surface area contributed by atoms with Crippen LogP contribution in [0.25, 0.3) is 0 Å². The first-order chi connectivity index (χ1) is 16.6. The summed E-state index contributed by atoms with van der Waals surface area (Å²) in [5.41, 5.74) is 0.321. The molecule has 0 aliphatic heterocycles. The molecule has 4 fully saturated rings. The van der Waals surface area contributed by atoms with Gasteiger partial charge in [0, 0.05) is 17.9 Å². The van der Waals surface area contributed by atoms with Gasteiger partial charge in [0.25, 0.3) is 0 Å². The fraction of sp³-hybridized carbons (Fsp3) is 0.844. The molecule has 0 aromatic heterocycles. The van der Waals surface area contributed by atoms with Gasteiger partial charge in [0.1, 0.15) is 12.1 Å². The Kier molecular flexibility index (Phi) is 5.75. The SMILES string of the molecule is CC1(C)CC[C@]2(CCO)CC[C@]3(C)[C@H](C(=O)C=C4[C@@]5(C)CC(C=O)C(=O)C(C)(C)[C@@H]5CC[C@]43C)[C@@H]2C1. The van der Waals surface area contributed by atoms with Crippen molar-refractivity contribution in [2.75, 3.05) is 6.61 Å². The molecular weight excluding hydrogens is 448 g/mol. The third-order valence-corrected chi connectivity index (χ3v) is 13.1. The molecule has 0 heterocycles. The van der Waals surface area contributed by atoms with Crippen molar-refractivity contribution < 1.29 is 19.5 Å². The molecule has 5 aliphatic carbocycles. The number of carbonyl (C=O) groups excluding carboxylic acids is 3. The van der Waals surface area contributed by atoms with E-state index in [0.29, 0.717) is 12.3 Å². The second-order valence-electron chi connectivity index (χ2n) is 15.5. The summed E-state index contributed by atoms with van der Waals surface area (Å²) in [4.78, 5) is 39.7. The van der Waals surface area contributed by atoms with E-state index in [0.717, 1.165) is 57.7 Å². The summed E-state index contributed by atoms with van der Waals surface area (Å²) in [6, 6.07) is 0. The van der Waals surface area contributed by atoms with E-state index in [9.17, 15) is 19.5 Å². The minimum atomic E-state index is -0.590. The van der Waals surface area contributed by atoms with Crippen LogP contribution in [0.5, 0.6) is 0 Å². The van der Waals surface area contributed by atoms with Crippen molar-refractivity contribution in [3.05, 3.63) is 11.6 Å². The second-order valence-corrected chi connectivity index (χ2v) is 15.5. The van der Waals surface area contributed by atoms with E-state index < -0.39 is 11.3 Å². The highest BCUT2D eigenvalue weighted by Gasteiger charge is 2.70. The molecule has 0 amide bonds. The summed E-state index contributed by atoms with van der Waals surface area (Å²) in [5, 5.41) is 10.1. The fourth-order valence-corrected chi connectivity index (χ4v) is 10.9. The largest absolute Gasteiger partial charge is 0.396 e. The minimum absolute atomic E-state index is 0.0219. The Balaban J connectivity index is 1.65. The lowest BCUT2D eigenvalue weighted by Crippen LogP contribution is -2.65. The van der Waals surface area contributed by atoms with E-state index in [1.807, 2.05) is 19.9 Å². The molecule has 4 saturated carbocycles. The Morgan fingerprint density at radius 2 is 1.61 bits per heavy atom. The van der Waals surface area contributed by atoms with Crippen molar-refractivity contribution >= 4 is 17.9 Å². The van der Waals surface area contributed by atoms with Gasteiger partial charge in [-0.05, 0) is 103 Å². The van der Waals surface area contributed by atoms with E-state index in [-0.39, 0.29) is 57.1 Å². The summed E-state index contributed by atoms with van der Waals surface area (Å²) in [6.45, 7) is 16.0. The Labute approximate surface area is 218 Å². The predicted molar refractivity (Wildman–Crippen MR) is 141 cm³/mol. The summed E-state index contributed by atoms with van der Waals surface area (Å²) in [6.07, 6.45) is 11.6. The third-order valence-electron chi connectivity index (χ3n) is 13.1. The van der Waals surface area contributed by atoms with Crippen LogP contribution >= 0.6 is 0 Å². The zero-order valence-corrected chi connectivity index (χ0v) is 23.7. The first-order valence-corrected chi connectivity index (χ1v) is 14.5. The molecule has 1 N–H and O–H groups in total. The minimum Gasteiger partial charge on any atom is -0.396 e. The summed E-state index contributed by atoms with van der Waals surface area (Å²) < 4.78 is 0. The monoisotopic (exact) mass is 496 g/mol. The van der Waals surface area contributed by atoms with E-state index in [2.05, 4.69) is 34.6 Å². The van der Waals surface area contributed by atoms with Crippen LogP contribution in [-0.4, -0.2) is 29.6 Å². The van der Waals surface area contributed by atoms with Gasteiger partial charge >= 0.3 is 0 Å². The maximum atomic E-state index is 14.4. The number of Topliss-reactive ketones (excluding diaryl/α,β-unsaturated/α-hetero) is 1. The number of allylic oxidation sites excluding steroid dienone is 2. The molecule has 8 atom stereocenters. The van der Waals surface area contributed by atoms with Crippen molar-refractivity contribution in [3.63, 3.8) is 0 Å². The quantitative estimate of drug-likeness (QED) is 0.365. The number of aldehydes is 1. The van der Waals surface area contributed by atoms with Crippen LogP contribution in [-0.2, 0) is 14.4 Å². The van der Waals surface area contributed by atoms with Gasteiger partial charge in [-0.1, -0.05) is 54.0 Å². The second kappa shape index (κ2) is 7.87. The smallest absolute Gasteiger partial charge is 0.159 e. The molecule has 5 aliphatic rings. The zero-order valence-electron chi connectivity index (χ0n) is 23.7. The highest BCUT2D eigenvalue weighted by atomic mass is 16.3. The Morgan fingerprint density at radius 1 is 0.944 bits per heavy atom. The van der Waals surface area contributed by atoms with Crippen molar-refractivity contribution in [2.45, 2.75) is 106 Å². The molecule has 0 bridgehead atoms. The standard InChI is InChI=1S/C32H48O4/c1-27(2)10-12-32(14-15-33)13-11-31(7)25(21(32)18-27)22(35)16-24-29(5)17-20(19-34)26(36)28(3,4)23(29)8-9-30(24,31)6/h16,19-21,23,25,33H,8-15,17-18H2,1-7H3/t20?,21-,23-,25-,29-,30+,31+,32+/m0/s1. The number of carbonyl (C=O) groups is 3. The number of fused-ring (bicyclic) bond motifs is 7. The highest BCUT2D eigenvalue weighted by molar-refractivity contribution is 5.99. The fourth-order valence-electron chi connectivity index (χ4n) is 10.9. The average molecular weight is 497 g/mol. The molecular formula is C32H48O4. The molecule has 0 aromatic rings. The van der Waals surface area contributed by atoms with E-state index >= 15 is 0 Å². The third kappa shape index (κ3) is 3.18. The Bertz CT molecular complexity index is 1020. The van der Waals surface area contributed by atoms with Crippen molar-refractivity contribution in [2.24, 2.45) is 56.2 Å². The number of aliphatic hydroxyl groups is 1. The van der Waals surface area contributed by atoms with E-state index in [4.69, 9.17) is 0 Å². The summed E-state index contributed by atoms with van der Waals surface area (Å²) >= 11 is 0. The van der Waals surface area contributed by atoms with Gasteiger partial charge in [0.05, 0.1) is 5.92 Å². The first-order valence-electron chi connectivity index (χ1n) is 14.5. The topological polar surface area (TPSA) is 71.4 Å². The molecule has 0 saturated heterocycles. The molecule has 5 rings (SSSR count). The number of aliphatic hydroxyl groups excluding tert-OH is 1. The van der Waals surface area contributed by atoms with Gasteiger partial charge in [-0.3, -0.25) is 9.59 Å². The van der Waals surface area contributed by atoms with Gasteiger partial charge in [-0.25, -0.2) is 0 Å². The Hall–Kier alpha value is -1.29. The van der Waals surface area contributed by atoms with Crippen LogP contribution < -0.4 is 0 Å². The lowest BCUT2D eigenvalue weighted by atomic mass is 9.33. The van der Waals surface area contributed by atoms with Crippen LogP contribution in [0.1, 0.15) is 106 Å². The van der Waals surface area contributed by atoms with Crippen LogP contribution in [0.2, 0.25) is 0 Å². The van der Waals surface area contributed by atoms with E-state index in [1.54, 1.807) is 0 Å². The average Bonchev–Trinajstić information content (AvgIpc) is 2.79. The molecule has 0 aromatic carbocycles. The molecule has 1 unspecified atom stereocenters. The lowest BCUT2D eigenvalue weighted by Gasteiger charge is -2.70. The summed E-state index contributed by atoms with van der Waals surface area (Å²) in [5.74, 6) is 0.179. The Morgan fingerprint density at radius 3 is 2.25 bits per heavy atom. The van der Waals surface area contributed by atoms with Crippen molar-refractivity contribution in [3.8, 4) is 0 Å². The van der Waals surface area contributed by atoms with Crippen LogP contribution in [0, 0.1) is 56.2 Å². The molecule has 200 valence electrons. The molecule has 0 radical (unpaired) electrons. The maximum Gasteiger partial charge on any atom is 0.159 e. The number of hydrogen-bond acceptors (Lipinski definition) is 4. The van der Waals surface area contributed by atoms with Gasteiger partial charge < -0.3 is 9.90 Å². The molecule has 0 spiro atoms. The van der Waals surface area contributed by atoms with Crippen LogP contribution in [0.4, 0.5) is 0 Å². The zero-order chi connectivity index (χ0) is 26.5. The number of rotatable bonds is 3. The molecule has 36 heavy (non-hydrogen) atoms. The van der Waals surface area contributed by atoms with Crippen molar-refractivity contribution in [1.29, 1.82) is 0 Å². The van der Waals surface area contributed by atoms with E-state index in [1.165, 1.54) is 5.57 Å².